The molecule has 0 spiro atoms. The molecule has 1 aromatic rings. The molecule has 0 aliphatic rings. The third kappa shape index (κ3) is 4.87. The van der Waals surface area contributed by atoms with Gasteiger partial charge in [-0.1, -0.05) is 11.6 Å². The van der Waals surface area contributed by atoms with Gasteiger partial charge in [-0.2, -0.15) is 4.98 Å². The number of rotatable bonds is 6. The van der Waals surface area contributed by atoms with E-state index in [1.54, 1.807) is 19.5 Å². The van der Waals surface area contributed by atoms with Crippen LogP contribution in [0.25, 0.3) is 0 Å². The summed E-state index contributed by atoms with van der Waals surface area (Å²) in [5, 5.41) is 6.51. The zero-order chi connectivity index (χ0) is 12.8. The molecule has 5 nitrogen and oxygen atoms in total. The van der Waals surface area contributed by atoms with Crippen LogP contribution in [-0.2, 0) is 10.8 Å². The fourth-order valence-corrected chi connectivity index (χ4v) is 2.07. The minimum absolute atomic E-state index is 0.163. The van der Waals surface area contributed by atoms with E-state index in [1.807, 2.05) is 6.92 Å². The molecule has 0 aliphatic heterocycles. The third-order valence-electron chi connectivity index (χ3n) is 2.19. The molecule has 0 bridgehead atoms. The Morgan fingerprint density at radius 2 is 2.29 bits per heavy atom. The maximum absolute atomic E-state index is 11.0. The summed E-state index contributed by atoms with van der Waals surface area (Å²) < 4.78 is 11.0. The smallest absolute Gasteiger partial charge is 0.224 e. The summed E-state index contributed by atoms with van der Waals surface area (Å²) in [4.78, 5) is 8.21. The lowest BCUT2D eigenvalue weighted by Crippen LogP contribution is -2.19. The maximum Gasteiger partial charge on any atom is 0.224 e. The summed E-state index contributed by atoms with van der Waals surface area (Å²) in [6, 6.07) is 0.163. The number of aromatic nitrogens is 2. The molecule has 0 radical (unpaired) electrons. The first-order chi connectivity index (χ1) is 8.02. The average Bonchev–Trinajstić information content (AvgIpc) is 2.29. The van der Waals surface area contributed by atoms with Gasteiger partial charge in [0.1, 0.15) is 5.02 Å². The molecule has 1 heterocycles. The van der Waals surface area contributed by atoms with Crippen molar-refractivity contribution >= 4 is 34.2 Å². The molecule has 1 rings (SSSR count). The Hall–Kier alpha value is -0.880. The molecule has 7 heteroatoms. The van der Waals surface area contributed by atoms with Crippen LogP contribution in [0.2, 0.25) is 5.02 Å². The lowest BCUT2D eigenvalue weighted by atomic mass is 10.2. The van der Waals surface area contributed by atoms with Gasteiger partial charge in [-0.3, -0.25) is 4.21 Å². The van der Waals surface area contributed by atoms with E-state index in [0.717, 1.165) is 6.42 Å². The van der Waals surface area contributed by atoms with Crippen LogP contribution in [0.5, 0.6) is 0 Å². The zero-order valence-electron chi connectivity index (χ0n) is 10.2. The van der Waals surface area contributed by atoms with Crippen molar-refractivity contribution in [2.75, 3.05) is 29.7 Å². The van der Waals surface area contributed by atoms with Crippen LogP contribution in [0.15, 0.2) is 6.20 Å². The molecule has 0 saturated carbocycles. The van der Waals surface area contributed by atoms with E-state index in [2.05, 4.69) is 20.6 Å². The summed E-state index contributed by atoms with van der Waals surface area (Å²) in [6.45, 7) is 2.00. The van der Waals surface area contributed by atoms with Crippen molar-refractivity contribution in [3.05, 3.63) is 11.2 Å². The largest absolute Gasteiger partial charge is 0.366 e. The predicted octanol–water partition coefficient (Wildman–Crippen LogP) is 1.74. The second-order valence-electron chi connectivity index (χ2n) is 3.75. The average molecular weight is 277 g/mol. The SMILES string of the molecule is CNc1ncc(Cl)c(NC(C)CCS(C)=O)n1. The summed E-state index contributed by atoms with van der Waals surface area (Å²) in [5.41, 5.74) is 0. The molecule has 0 aliphatic carbocycles. The molecule has 17 heavy (non-hydrogen) atoms. The summed E-state index contributed by atoms with van der Waals surface area (Å²) in [6.07, 6.45) is 4.05. The van der Waals surface area contributed by atoms with Crippen molar-refractivity contribution in [1.82, 2.24) is 9.97 Å². The molecular formula is C10H17ClN4OS. The Bertz CT molecular complexity index is 402. The Morgan fingerprint density at radius 3 is 2.88 bits per heavy atom. The van der Waals surface area contributed by atoms with E-state index < -0.39 is 10.8 Å². The lowest BCUT2D eigenvalue weighted by Gasteiger charge is -2.15. The van der Waals surface area contributed by atoms with Crippen molar-refractivity contribution in [2.24, 2.45) is 0 Å². The third-order valence-corrected chi connectivity index (χ3v) is 3.28. The first kappa shape index (κ1) is 14.2. The quantitative estimate of drug-likeness (QED) is 0.828. The Kier molecular flexibility index (Phi) is 5.64. The van der Waals surface area contributed by atoms with Crippen LogP contribution in [0, 0.1) is 0 Å². The highest BCUT2D eigenvalue weighted by Gasteiger charge is 2.08. The first-order valence-electron chi connectivity index (χ1n) is 5.29. The van der Waals surface area contributed by atoms with Crippen molar-refractivity contribution in [2.45, 2.75) is 19.4 Å². The van der Waals surface area contributed by atoms with Gasteiger partial charge in [-0.05, 0) is 13.3 Å². The van der Waals surface area contributed by atoms with Crippen molar-refractivity contribution in [3.63, 3.8) is 0 Å². The highest BCUT2D eigenvalue weighted by molar-refractivity contribution is 7.84. The van der Waals surface area contributed by atoms with E-state index in [-0.39, 0.29) is 6.04 Å². The Balaban J connectivity index is 2.63. The van der Waals surface area contributed by atoms with Gasteiger partial charge in [-0.15, -0.1) is 0 Å². The van der Waals surface area contributed by atoms with Crippen LogP contribution in [-0.4, -0.2) is 39.3 Å². The van der Waals surface area contributed by atoms with Crippen LogP contribution in [0.4, 0.5) is 11.8 Å². The summed E-state index contributed by atoms with van der Waals surface area (Å²) in [5.74, 6) is 1.78. The van der Waals surface area contributed by atoms with Gasteiger partial charge in [0.2, 0.25) is 5.95 Å². The molecule has 0 fully saturated rings. The molecular weight excluding hydrogens is 260 g/mol. The van der Waals surface area contributed by atoms with Gasteiger partial charge in [-0.25, -0.2) is 4.98 Å². The molecule has 2 atom stereocenters. The number of nitrogens with zero attached hydrogens (tertiary/aromatic N) is 2. The highest BCUT2D eigenvalue weighted by Crippen LogP contribution is 2.20. The second-order valence-corrected chi connectivity index (χ2v) is 5.71. The van der Waals surface area contributed by atoms with Gasteiger partial charge >= 0.3 is 0 Å². The molecule has 0 saturated heterocycles. The number of anilines is 2. The van der Waals surface area contributed by atoms with E-state index in [1.165, 1.54) is 0 Å². The lowest BCUT2D eigenvalue weighted by molar-refractivity contribution is 0.678. The van der Waals surface area contributed by atoms with Crippen LogP contribution >= 0.6 is 11.6 Å². The molecule has 0 aromatic carbocycles. The minimum Gasteiger partial charge on any atom is -0.366 e. The summed E-state index contributed by atoms with van der Waals surface area (Å²) >= 11 is 5.98. The molecule has 96 valence electrons. The molecule has 2 N–H and O–H groups in total. The second kappa shape index (κ2) is 6.76. The summed E-state index contributed by atoms with van der Waals surface area (Å²) in [7, 11) is 0.973. The van der Waals surface area contributed by atoms with Crippen molar-refractivity contribution in [1.29, 1.82) is 0 Å². The van der Waals surface area contributed by atoms with Gasteiger partial charge < -0.3 is 10.6 Å². The van der Waals surface area contributed by atoms with Gasteiger partial charge in [0, 0.05) is 35.9 Å². The van der Waals surface area contributed by atoms with E-state index >= 15 is 0 Å². The Labute approximate surface area is 109 Å². The van der Waals surface area contributed by atoms with Crippen molar-refractivity contribution in [3.8, 4) is 0 Å². The zero-order valence-corrected chi connectivity index (χ0v) is 11.7. The normalized spacial score (nSPS) is 14.1. The topological polar surface area (TPSA) is 66.9 Å². The standard InChI is InChI=1S/C10H17ClN4OS/c1-7(4-5-17(3)16)14-9-8(11)6-13-10(12-2)15-9/h6-7H,4-5H2,1-3H3,(H2,12,13,14,15). The number of halogens is 1. The highest BCUT2D eigenvalue weighted by atomic mass is 35.5. The maximum atomic E-state index is 11.0. The Morgan fingerprint density at radius 1 is 1.59 bits per heavy atom. The fraction of sp³-hybridized carbons (Fsp3) is 0.600. The van der Waals surface area contributed by atoms with Gasteiger partial charge in [0.15, 0.2) is 5.82 Å². The molecule has 2 unspecified atom stereocenters. The molecule has 1 aromatic heterocycles. The first-order valence-corrected chi connectivity index (χ1v) is 7.40. The number of hydrogen-bond donors (Lipinski definition) is 2. The van der Waals surface area contributed by atoms with Crippen LogP contribution < -0.4 is 10.6 Å². The molecule has 0 amide bonds. The van der Waals surface area contributed by atoms with E-state index in [9.17, 15) is 4.21 Å². The van der Waals surface area contributed by atoms with Crippen molar-refractivity contribution < 1.29 is 4.21 Å². The number of hydrogen-bond acceptors (Lipinski definition) is 5. The van der Waals surface area contributed by atoms with Crippen LogP contribution in [0.1, 0.15) is 13.3 Å². The van der Waals surface area contributed by atoms with E-state index in [4.69, 9.17) is 11.6 Å². The minimum atomic E-state index is -0.774. The number of nitrogens with one attached hydrogen (secondary N) is 2. The van der Waals surface area contributed by atoms with E-state index in [0.29, 0.717) is 22.5 Å². The fourth-order valence-electron chi connectivity index (χ4n) is 1.24. The monoisotopic (exact) mass is 276 g/mol. The van der Waals surface area contributed by atoms with Crippen LogP contribution in [0.3, 0.4) is 0 Å². The van der Waals surface area contributed by atoms with Gasteiger partial charge in [0.05, 0.1) is 6.20 Å². The van der Waals surface area contributed by atoms with Gasteiger partial charge in [0.25, 0.3) is 0 Å². The predicted molar refractivity (Wildman–Crippen MR) is 73.2 cm³/mol.